The molecule has 1 fully saturated rings. The summed E-state index contributed by atoms with van der Waals surface area (Å²) in [5.41, 5.74) is 8.01. The van der Waals surface area contributed by atoms with E-state index in [-0.39, 0.29) is 0 Å². The molecule has 2 heterocycles. The van der Waals surface area contributed by atoms with E-state index in [9.17, 15) is 0 Å². The van der Waals surface area contributed by atoms with Gasteiger partial charge in [0.25, 0.3) is 0 Å². The van der Waals surface area contributed by atoms with Crippen molar-refractivity contribution in [1.82, 2.24) is 14.5 Å². The van der Waals surface area contributed by atoms with Crippen LogP contribution in [0.2, 0.25) is 5.02 Å². The van der Waals surface area contributed by atoms with Crippen LogP contribution in [0.1, 0.15) is 26.2 Å². The lowest BCUT2D eigenvalue weighted by Gasteiger charge is -2.32. The van der Waals surface area contributed by atoms with Gasteiger partial charge in [-0.05, 0) is 51.1 Å². The molecule has 1 aliphatic heterocycles. The summed E-state index contributed by atoms with van der Waals surface area (Å²) in [6, 6.07) is 6.20. The second-order valence-electron chi connectivity index (χ2n) is 5.66. The maximum atomic E-state index is 6.09. The molecule has 20 heavy (non-hydrogen) atoms. The van der Waals surface area contributed by atoms with Gasteiger partial charge < -0.3 is 10.3 Å². The Bertz CT molecular complexity index is 601. The summed E-state index contributed by atoms with van der Waals surface area (Å²) in [5, 5.41) is 0.726. The van der Waals surface area contributed by atoms with E-state index < -0.39 is 0 Å². The van der Waals surface area contributed by atoms with Crippen LogP contribution >= 0.6 is 11.6 Å². The molecule has 3 rings (SSSR count). The molecule has 0 saturated carbocycles. The van der Waals surface area contributed by atoms with Crippen LogP contribution in [0.4, 0.5) is 5.95 Å². The third-order valence-corrected chi connectivity index (χ3v) is 4.44. The Morgan fingerprint density at radius 2 is 2.05 bits per heavy atom. The lowest BCUT2D eigenvalue weighted by Crippen LogP contribution is -2.39. The van der Waals surface area contributed by atoms with E-state index in [4.69, 9.17) is 17.3 Å². The third kappa shape index (κ3) is 2.63. The van der Waals surface area contributed by atoms with Crippen molar-refractivity contribution in [2.45, 2.75) is 38.8 Å². The van der Waals surface area contributed by atoms with Crippen molar-refractivity contribution in [2.24, 2.45) is 0 Å². The van der Waals surface area contributed by atoms with Crippen molar-refractivity contribution in [3.05, 3.63) is 23.2 Å². The van der Waals surface area contributed by atoms with Gasteiger partial charge in [0.15, 0.2) is 0 Å². The van der Waals surface area contributed by atoms with Crippen molar-refractivity contribution in [1.29, 1.82) is 0 Å². The molecule has 1 aliphatic rings. The zero-order chi connectivity index (χ0) is 14.1. The number of likely N-dealkylation sites (tertiary alicyclic amines) is 1. The molecular weight excluding hydrogens is 272 g/mol. The Labute approximate surface area is 124 Å². The SMILES string of the molecule is CC(Cn1c(N)nc2ccc(Cl)cc21)N1CCCCC1. The summed E-state index contributed by atoms with van der Waals surface area (Å²) in [4.78, 5) is 6.96. The van der Waals surface area contributed by atoms with Crippen LogP contribution in [0.15, 0.2) is 18.2 Å². The number of benzene rings is 1. The molecule has 1 saturated heterocycles. The zero-order valence-corrected chi connectivity index (χ0v) is 12.6. The highest BCUT2D eigenvalue weighted by molar-refractivity contribution is 6.31. The molecule has 1 aromatic carbocycles. The molecule has 1 aromatic heterocycles. The maximum Gasteiger partial charge on any atom is 0.201 e. The Morgan fingerprint density at radius 1 is 1.30 bits per heavy atom. The lowest BCUT2D eigenvalue weighted by molar-refractivity contribution is 0.161. The number of rotatable bonds is 3. The minimum Gasteiger partial charge on any atom is -0.369 e. The van der Waals surface area contributed by atoms with Crippen LogP contribution in [0, 0.1) is 0 Å². The average molecular weight is 293 g/mol. The van der Waals surface area contributed by atoms with Crippen LogP contribution in [0.25, 0.3) is 11.0 Å². The topological polar surface area (TPSA) is 47.1 Å². The number of nitrogens with zero attached hydrogens (tertiary/aromatic N) is 3. The van der Waals surface area contributed by atoms with Gasteiger partial charge in [0, 0.05) is 17.6 Å². The number of aromatic nitrogens is 2. The summed E-state index contributed by atoms with van der Waals surface area (Å²) in [7, 11) is 0. The smallest absolute Gasteiger partial charge is 0.201 e. The summed E-state index contributed by atoms with van der Waals surface area (Å²) < 4.78 is 2.08. The van der Waals surface area contributed by atoms with Crippen molar-refractivity contribution < 1.29 is 0 Å². The molecule has 1 unspecified atom stereocenters. The van der Waals surface area contributed by atoms with Crippen LogP contribution in [-0.2, 0) is 6.54 Å². The van der Waals surface area contributed by atoms with Crippen LogP contribution in [-0.4, -0.2) is 33.6 Å². The summed E-state index contributed by atoms with van der Waals surface area (Å²) in [5.74, 6) is 0.575. The molecule has 1 atom stereocenters. The van der Waals surface area contributed by atoms with E-state index in [1.165, 1.54) is 32.4 Å². The number of nitrogens with two attached hydrogens (primary N) is 1. The predicted octanol–water partition coefficient (Wildman–Crippen LogP) is 3.15. The van der Waals surface area contributed by atoms with Crippen LogP contribution in [0.5, 0.6) is 0 Å². The average Bonchev–Trinajstić information content (AvgIpc) is 2.76. The van der Waals surface area contributed by atoms with E-state index in [0.717, 1.165) is 22.6 Å². The normalized spacial score (nSPS) is 18.5. The first-order valence-corrected chi connectivity index (χ1v) is 7.68. The fourth-order valence-electron chi connectivity index (χ4n) is 3.05. The first-order chi connectivity index (χ1) is 9.65. The van der Waals surface area contributed by atoms with Crippen LogP contribution in [0.3, 0.4) is 0 Å². The summed E-state index contributed by atoms with van der Waals surface area (Å²) in [6.45, 7) is 5.51. The number of imidazole rings is 1. The first-order valence-electron chi connectivity index (χ1n) is 7.30. The van der Waals surface area contributed by atoms with Gasteiger partial charge in [0.05, 0.1) is 11.0 Å². The largest absolute Gasteiger partial charge is 0.369 e. The van der Waals surface area contributed by atoms with Crippen molar-refractivity contribution in [3.8, 4) is 0 Å². The molecule has 2 aromatic rings. The monoisotopic (exact) mass is 292 g/mol. The zero-order valence-electron chi connectivity index (χ0n) is 11.8. The standard InChI is InChI=1S/C15H21ClN4/c1-11(19-7-3-2-4-8-19)10-20-14-9-12(16)5-6-13(14)18-15(20)17/h5-6,9,11H,2-4,7-8,10H2,1H3,(H2,17,18). The molecule has 0 aliphatic carbocycles. The fraction of sp³-hybridized carbons (Fsp3) is 0.533. The highest BCUT2D eigenvalue weighted by atomic mass is 35.5. The van der Waals surface area contributed by atoms with Crippen molar-refractivity contribution >= 4 is 28.6 Å². The fourth-order valence-corrected chi connectivity index (χ4v) is 3.21. The van der Waals surface area contributed by atoms with E-state index in [1.807, 2.05) is 18.2 Å². The quantitative estimate of drug-likeness (QED) is 0.945. The number of piperidine rings is 1. The minimum absolute atomic E-state index is 0.467. The third-order valence-electron chi connectivity index (χ3n) is 4.20. The second kappa shape index (κ2) is 5.62. The summed E-state index contributed by atoms with van der Waals surface area (Å²) >= 11 is 6.09. The van der Waals surface area contributed by atoms with Gasteiger partial charge >= 0.3 is 0 Å². The molecular formula is C15H21ClN4. The minimum atomic E-state index is 0.467. The van der Waals surface area contributed by atoms with Gasteiger partial charge in [-0.1, -0.05) is 18.0 Å². The van der Waals surface area contributed by atoms with E-state index >= 15 is 0 Å². The van der Waals surface area contributed by atoms with Gasteiger partial charge in [-0.2, -0.15) is 0 Å². The van der Waals surface area contributed by atoms with Crippen molar-refractivity contribution in [3.63, 3.8) is 0 Å². The molecule has 0 amide bonds. The Kier molecular flexibility index (Phi) is 3.85. The van der Waals surface area contributed by atoms with Crippen molar-refractivity contribution in [2.75, 3.05) is 18.8 Å². The van der Waals surface area contributed by atoms with Crippen LogP contribution < -0.4 is 5.73 Å². The molecule has 108 valence electrons. The Hall–Kier alpha value is -1.26. The highest BCUT2D eigenvalue weighted by Gasteiger charge is 2.19. The molecule has 0 radical (unpaired) electrons. The second-order valence-corrected chi connectivity index (χ2v) is 6.10. The lowest BCUT2D eigenvalue weighted by atomic mass is 10.1. The Morgan fingerprint density at radius 3 is 2.80 bits per heavy atom. The first kappa shape index (κ1) is 13.7. The maximum absolute atomic E-state index is 6.09. The van der Waals surface area contributed by atoms with Gasteiger partial charge in [0.1, 0.15) is 0 Å². The predicted molar refractivity (Wildman–Crippen MR) is 84.0 cm³/mol. The molecule has 2 N–H and O–H groups in total. The molecule has 4 nitrogen and oxygen atoms in total. The molecule has 5 heteroatoms. The molecule has 0 spiro atoms. The number of nitrogen functional groups attached to an aromatic ring is 1. The number of anilines is 1. The van der Waals surface area contributed by atoms with Gasteiger partial charge in [-0.3, -0.25) is 4.90 Å². The van der Waals surface area contributed by atoms with Gasteiger partial charge in [-0.25, -0.2) is 4.98 Å². The Balaban J connectivity index is 1.85. The highest BCUT2D eigenvalue weighted by Crippen LogP contribution is 2.23. The van der Waals surface area contributed by atoms with Gasteiger partial charge in [-0.15, -0.1) is 0 Å². The van der Waals surface area contributed by atoms with E-state index in [2.05, 4.69) is 21.4 Å². The molecule has 0 bridgehead atoms. The van der Waals surface area contributed by atoms with E-state index in [0.29, 0.717) is 12.0 Å². The number of hydrogen-bond donors (Lipinski definition) is 1. The number of hydrogen-bond acceptors (Lipinski definition) is 3. The van der Waals surface area contributed by atoms with E-state index in [1.54, 1.807) is 0 Å². The number of fused-ring (bicyclic) bond motifs is 1. The van der Waals surface area contributed by atoms with Gasteiger partial charge in [0.2, 0.25) is 5.95 Å². The summed E-state index contributed by atoms with van der Waals surface area (Å²) in [6.07, 6.45) is 3.96. The number of halogens is 1.